The van der Waals surface area contributed by atoms with Crippen molar-refractivity contribution in [3.63, 3.8) is 0 Å². The normalized spacial score (nSPS) is 17.0. The minimum Gasteiger partial charge on any atom is -0.446 e. The van der Waals surface area contributed by atoms with Crippen molar-refractivity contribution in [1.29, 1.82) is 0 Å². The van der Waals surface area contributed by atoms with Gasteiger partial charge in [0.05, 0.1) is 5.69 Å². The molecule has 2 fully saturated rings. The molecule has 0 unspecified atom stereocenters. The van der Waals surface area contributed by atoms with Crippen molar-refractivity contribution in [2.75, 3.05) is 64.7 Å². The maximum Gasteiger partial charge on any atom is 0.411 e. The third-order valence-corrected chi connectivity index (χ3v) is 8.90. The van der Waals surface area contributed by atoms with Crippen molar-refractivity contribution >= 4 is 17.7 Å². The molecule has 0 bridgehead atoms. The first-order chi connectivity index (χ1) is 21.4. The number of ether oxygens (including phenoxy) is 1. The van der Waals surface area contributed by atoms with Crippen LogP contribution >= 0.6 is 0 Å². The Bertz CT molecular complexity index is 1350. The Morgan fingerprint density at radius 3 is 2.18 bits per heavy atom. The van der Waals surface area contributed by atoms with Gasteiger partial charge in [0, 0.05) is 83.1 Å². The lowest BCUT2D eigenvalue weighted by Gasteiger charge is -2.36. The van der Waals surface area contributed by atoms with Crippen molar-refractivity contribution < 1.29 is 14.3 Å². The SMILES string of the molecule is CC(C)N1CCN(Cc2ccc(C(=O)N(C)CCN3CCC(OC(=O)Nc4ccccc4-c4ccccc4)CC3)cc2)CC1. The van der Waals surface area contributed by atoms with E-state index in [1.165, 1.54) is 5.56 Å². The number of hydrogen-bond acceptors (Lipinski definition) is 6. The van der Waals surface area contributed by atoms with Crippen LogP contribution in [0, 0.1) is 0 Å². The number of para-hydroxylation sites is 1. The van der Waals surface area contributed by atoms with E-state index in [1.807, 2.05) is 73.8 Å². The summed E-state index contributed by atoms with van der Waals surface area (Å²) >= 11 is 0. The average molecular weight is 598 g/mol. The van der Waals surface area contributed by atoms with Crippen LogP contribution in [0.25, 0.3) is 11.1 Å². The summed E-state index contributed by atoms with van der Waals surface area (Å²) in [6, 6.07) is 26.5. The van der Waals surface area contributed by atoms with E-state index >= 15 is 0 Å². The smallest absolute Gasteiger partial charge is 0.411 e. The number of benzene rings is 3. The molecule has 3 aromatic carbocycles. The van der Waals surface area contributed by atoms with Gasteiger partial charge in [-0.05, 0) is 56.0 Å². The zero-order valence-corrected chi connectivity index (χ0v) is 26.5. The second kappa shape index (κ2) is 15.3. The molecule has 2 amide bonds. The number of amides is 2. The van der Waals surface area contributed by atoms with Gasteiger partial charge in [0.1, 0.15) is 6.10 Å². The number of nitrogens with one attached hydrogen (secondary N) is 1. The van der Waals surface area contributed by atoms with Gasteiger partial charge in [-0.1, -0.05) is 60.7 Å². The van der Waals surface area contributed by atoms with Crippen molar-refractivity contribution in [3.8, 4) is 11.1 Å². The number of hydrogen-bond donors (Lipinski definition) is 1. The number of carbonyl (C=O) groups is 2. The molecule has 2 aliphatic rings. The Hall–Kier alpha value is -3.72. The van der Waals surface area contributed by atoms with Crippen LogP contribution in [0.4, 0.5) is 10.5 Å². The molecule has 0 atom stereocenters. The molecule has 2 heterocycles. The van der Waals surface area contributed by atoms with Crippen LogP contribution in [0.3, 0.4) is 0 Å². The standard InChI is InChI=1S/C36H47N5O3/c1-28(2)41-25-23-40(24-26-41)27-29-13-15-31(16-14-29)35(42)38(3)21-22-39-19-17-32(18-20-39)44-36(43)37-34-12-8-7-11-33(34)30-9-5-4-6-10-30/h4-16,28,32H,17-27H2,1-3H3,(H,37,43). The average Bonchev–Trinajstić information content (AvgIpc) is 3.05. The molecule has 0 spiro atoms. The fourth-order valence-corrected chi connectivity index (χ4v) is 6.07. The van der Waals surface area contributed by atoms with E-state index in [9.17, 15) is 9.59 Å². The third kappa shape index (κ3) is 8.68. The Morgan fingerprint density at radius 1 is 0.841 bits per heavy atom. The van der Waals surface area contributed by atoms with Crippen LogP contribution in [0.5, 0.6) is 0 Å². The Morgan fingerprint density at radius 2 is 1.50 bits per heavy atom. The maximum absolute atomic E-state index is 13.1. The lowest BCUT2D eigenvalue weighted by Crippen LogP contribution is -2.48. The number of piperidine rings is 1. The zero-order chi connectivity index (χ0) is 30.9. The summed E-state index contributed by atoms with van der Waals surface area (Å²) in [5.41, 5.74) is 4.73. The maximum atomic E-state index is 13.1. The molecule has 44 heavy (non-hydrogen) atoms. The highest BCUT2D eigenvalue weighted by atomic mass is 16.6. The summed E-state index contributed by atoms with van der Waals surface area (Å²) in [6.45, 7) is 13.0. The predicted molar refractivity (Wildman–Crippen MR) is 177 cm³/mol. The topological polar surface area (TPSA) is 68.4 Å². The summed E-state index contributed by atoms with van der Waals surface area (Å²) in [5, 5.41) is 2.94. The number of rotatable bonds is 10. The van der Waals surface area contributed by atoms with Gasteiger partial charge < -0.3 is 14.5 Å². The summed E-state index contributed by atoms with van der Waals surface area (Å²) in [5.74, 6) is 0.0489. The molecule has 0 radical (unpaired) electrons. The summed E-state index contributed by atoms with van der Waals surface area (Å²) in [4.78, 5) is 35.0. The number of anilines is 1. The molecule has 8 heteroatoms. The lowest BCUT2D eigenvalue weighted by atomic mass is 10.0. The molecule has 5 rings (SSSR count). The van der Waals surface area contributed by atoms with E-state index in [-0.39, 0.29) is 12.0 Å². The molecule has 2 aliphatic heterocycles. The minimum absolute atomic E-state index is 0.0489. The van der Waals surface area contributed by atoms with Gasteiger partial charge in [-0.25, -0.2) is 4.79 Å². The molecule has 1 N–H and O–H groups in total. The van der Waals surface area contributed by atoms with Gasteiger partial charge in [0.15, 0.2) is 0 Å². The third-order valence-electron chi connectivity index (χ3n) is 8.90. The molecule has 2 saturated heterocycles. The number of likely N-dealkylation sites (N-methyl/N-ethyl adjacent to an activating group) is 1. The van der Waals surface area contributed by atoms with Crippen molar-refractivity contribution in [2.45, 2.75) is 45.4 Å². The molecule has 0 aliphatic carbocycles. The Balaban J connectivity index is 1.01. The van der Waals surface area contributed by atoms with Gasteiger partial charge in [-0.2, -0.15) is 0 Å². The van der Waals surface area contributed by atoms with E-state index < -0.39 is 6.09 Å². The fourth-order valence-electron chi connectivity index (χ4n) is 6.07. The highest BCUT2D eigenvalue weighted by molar-refractivity contribution is 5.94. The predicted octanol–water partition coefficient (Wildman–Crippen LogP) is 5.66. The second-order valence-electron chi connectivity index (χ2n) is 12.3. The highest BCUT2D eigenvalue weighted by Gasteiger charge is 2.24. The molecule has 0 aromatic heterocycles. The zero-order valence-electron chi connectivity index (χ0n) is 26.5. The van der Waals surface area contributed by atoms with Crippen LogP contribution in [0.2, 0.25) is 0 Å². The molecular weight excluding hydrogens is 550 g/mol. The molecular formula is C36H47N5O3. The number of nitrogens with zero attached hydrogens (tertiary/aromatic N) is 4. The molecule has 8 nitrogen and oxygen atoms in total. The Kier molecular flexibility index (Phi) is 11.0. The van der Waals surface area contributed by atoms with Crippen LogP contribution in [0.1, 0.15) is 42.6 Å². The van der Waals surface area contributed by atoms with Crippen molar-refractivity contribution in [3.05, 3.63) is 90.0 Å². The number of piperazine rings is 1. The van der Waals surface area contributed by atoms with Crippen LogP contribution in [-0.4, -0.2) is 103 Å². The lowest BCUT2D eigenvalue weighted by molar-refractivity contribution is 0.0540. The van der Waals surface area contributed by atoms with Gasteiger partial charge in [0.25, 0.3) is 5.91 Å². The molecule has 3 aromatic rings. The van der Waals surface area contributed by atoms with E-state index in [1.54, 1.807) is 4.90 Å². The van der Waals surface area contributed by atoms with Crippen LogP contribution < -0.4 is 5.32 Å². The first kappa shape index (κ1) is 31.7. The second-order valence-corrected chi connectivity index (χ2v) is 12.3. The summed E-state index contributed by atoms with van der Waals surface area (Å²) < 4.78 is 5.78. The van der Waals surface area contributed by atoms with E-state index in [4.69, 9.17) is 4.74 Å². The van der Waals surface area contributed by atoms with Gasteiger partial charge in [-0.15, -0.1) is 0 Å². The first-order valence-electron chi connectivity index (χ1n) is 16.0. The van der Waals surface area contributed by atoms with Crippen molar-refractivity contribution in [2.24, 2.45) is 0 Å². The summed E-state index contributed by atoms with van der Waals surface area (Å²) in [6.07, 6.45) is 1.02. The highest BCUT2D eigenvalue weighted by Crippen LogP contribution is 2.28. The summed E-state index contributed by atoms with van der Waals surface area (Å²) in [7, 11) is 1.87. The van der Waals surface area contributed by atoms with E-state index in [2.05, 4.69) is 46.0 Å². The minimum atomic E-state index is -0.420. The molecule has 234 valence electrons. The fraction of sp³-hybridized carbons (Fsp3) is 0.444. The number of likely N-dealkylation sites (tertiary alicyclic amines) is 1. The number of carbonyl (C=O) groups excluding carboxylic acids is 2. The quantitative estimate of drug-likeness (QED) is 0.325. The van der Waals surface area contributed by atoms with Gasteiger partial charge in [-0.3, -0.25) is 19.9 Å². The molecule has 0 saturated carbocycles. The first-order valence-corrected chi connectivity index (χ1v) is 16.0. The van der Waals surface area contributed by atoms with Crippen molar-refractivity contribution in [1.82, 2.24) is 19.6 Å². The van der Waals surface area contributed by atoms with E-state index in [0.29, 0.717) is 12.6 Å². The van der Waals surface area contributed by atoms with Crippen LogP contribution in [0.15, 0.2) is 78.9 Å². The largest absolute Gasteiger partial charge is 0.446 e. The van der Waals surface area contributed by atoms with Gasteiger partial charge in [0.2, 0.25) is 0 Å². The monoisotopic (exact) mass is 597 g/mol. The van der Waals surface area contributed by atoms with Crippen LogP contribution in [-0.2, 0) is 11.3 Å². The van der Waals surface area contributed by atoms with E-state index in [0.717, 1.165) is 87.6 Å². The Labute approximate surface area is 262 Å². The van der Waals surface area contributed by atoms with Gasteiger partial charge >= 0.3 is 6.09 Å².